The number of hydrogen-bond acceptors (Lipinski definition) is 8. The monoisotopic (exact) mass is 485 g/mol. The van der Waals surface area contributed by atoms with Crippen LogP contribution < -0.4 is 16.0 Å². The zero-order valence-electron chi connectivity index (χ0n) is 20.7. The van der Waals surface area contributed by atoms with Crippen molar-refractivity contribution in [3.8, 4) is 0 Å². The van der Waals surface area contributed by atoms with Gasteiger partial charge in [0.25, 0.3) is 5.91 Å². The number of ketones is 1. The normalized spacial score (nSPS) is 10.5. The fourth-order valence-electron chi connectivity index (χ4n) is 3.08. The zero-order chi connectivity index (χ0) is 26.4. The van der Waals surface area contributed by atoms with Gasteiger partial charge in [-0.15, -0.1) is 0 Å². The van der Waals surface area contributed by atoms with Gasteiger partial charge in [0.1, 0.15) is 0 Å². The van der Waals surface area contributed by atoms with Crippen LogP contribution >= 0.6 is 0 Å². The molecule has 35 heavy (non-hydrogen) atoms. The van der Waals surface area contributed by atoms with Crippen molar-refractivity contribution in [2.45, 2.75) is 40.0 Å². The van der Waals surface area contributed by atoms with Gasteiger partial charge in [0.2, 0.25) is 11.8 Å². The van der Waals surface area contributed by atoms with E-state index in [4.69, 9.17) is 20.8 Å². The molecule has 3 amide bonds. The summed E-state index contributed by atoms with van der Waals surface area (Å²) in [4.78, 5) is 61.6. The zero-order valence-corrected chi connectivity index (χ0v) is 20.7. The Morgan fingerprint density at radius 1 is 0.771 bits per heavy atom. The van der Waals surface area contributed by atoms with E-state index in [-0.39, 0.29) is 68.0 Å². The highest BCUT2D eigenvalue weighted by Crippen LogP contribution is 2.20. The summed E-state index contributed by atoms with van der Waals surface area (Å²) in [7, 11) is 0. The first-order valence-electron chi connectivity index (χ1n) is 11.6. The second-order valence-electron chi connectivity index (χ2n) is 7.42. The minimum Gasteiger partial charge on any atom is -0.368 e. The average Bonchev–Trinajstić information content (AvgIpc) is 2.85. The van der Waals surface area contributed by atoms with Gasteiger partial charge < -0.3 is 25.8 Å². The van der Waals surface area contributed by atoms with Crippen LogP contribution in [-0.4, -0.2) is 89.1 Å². The standard InChI is InChI=1S/C24H35N7O4/c1-7-15-31(12-6)18(33)14-13-17(32)20-22(25-8-2)29-21(23(28-20)26-9-3)24(35)27-16-19(34)30(10-4)11-5/h4-6H,7-16H2,1-3H3,(H,25,29)(H,26,28)(H,27,35). The summed E-state index contributed by atoms with van der Waals surface area (Å²) in [6, 6.07) is 0. The lowest BCUT2D eigenvalue weighted by molar-refractivity contribution is -0.131. The molecule has 0 aromatic carbocycles. The van der Waals surface area contributed by atoms with Crippen LogP contribution in [0.3, 0.4) is 0 Å². The van der Waals surface area contributed by atoms with Crippen molar-refractivity contribution in [3.05, 3.63) is 32.2 Å². The van der Waals surface area contributed by atoms with E-state index in [1.54, 1.807) is 13.8 Å². The fraction of sp³-hybridized carbons (Fsp3) is 0.542. The molecular weight excluding hydrogens is 450 g/mol. The molecule has 6 radical (unpaired) electrons. The highest BCUT2D eigenvalue weighted by Gasteiger charge is 2.24. The van der Waals surface area contributed by atoms with Crippen molar-refractivity contribution in [1.29, 1.82) is 0 Å². The minimum atomic E-state index is -0.665. The Hall–Kier alpha value is -3.24. The molecular formula is C24H35N7O4. The number of carbonyl (C=O) groups excluding carboxylic acids is 4. The third kappa shape index (κ3) is 8.80. The van der Waals surface area contributed by atoms with Crippen LogP contribution in [0.5, 0.6) is 0 Å². The van der Waals surface area contributed by atoms with Crippen LogP contribution in [0, 0.1) is 20.8 Å². The fourth-order valence-corrected chi connectivity index (χ4v) is 3.08. The predicted molar refractivity (Wildman–Crippen MR) is 133 cm³/mol. The van der Waals surface area contributed by atoms with Gasteiger partial charge in [0.15, 0.2) is 28.8 Å². The lowest BCUT2D eigenvalue weighted by atomic mass is 10.1. The van der Waals surface area contributed by atoms with Crippen LogP contribution in [0.1, 0.15) is 61.0 Å². The molecule has 0 aliphatic carbocycles. The van der Waals surface area contributed by atoms with Gasteiger partial charge in [-0.05, 0) is 41.0 Å². The van der Waals surface area contributed by atoms with E-state index in [0.717, 1.165) is 11.3 Å². The van der Waals surface area contributed by atoms with Crippen LogP contribution in [-0.2, 0) is 9.59 Å². The van der Waals surface area contributed by atoms with Crippen LogP contribution in [0.2, 0.25) is 0 Å². The Labute approximate surface area is 208 Å². The maximum Gasteiger partial charge on any atom is 0.274 e. The molecule has 0 spiro atoms. The summed E-state index contributed by atoms with van der Waals surface area (Å²) in [5.41, 5.74) is -0.0806. The molecule has 0 unspecified atom stereocenters. The van der Waals surface area contributed by atoms with Crippen molar-refractivity contribution in [2.75, 3.05) is 56.4 Å². The topological polar surface area (TPSA) is 137 Å². The number of amides is 3. The molecule has 0 aliphatic rings. The molecule has 11 nitrogen and oxygen atoms in total. The van der Waals surface area contributed by atoms with Crippen molar-refractivity contribution < 1.29 is 19.2 Å². The van der Waals surface area contributed by atoms with Crippen LogP contribution in [0.4, 0.5) is 11.6 Å². The molecule has 0 saturated heterocycles. The highest BCUT2D eigenvalue weighted by atomic mass is 16.2. The molecule has 1 rings (SSSR count). The summed E-state index contributed by atoms with van der Waals surface area (Å²) in [5.74, 6) is -1.56. The van der Waals surface area contributed by atoms with Gasteiger partial charge in [0, 0.05) is 52.1 Å². The van der Waals surface area contributed by atoms with Crippen LogP contribution in [0.25, 0.3) is 0 Å². The van der Waals surface area contributed by atoms with E-state index in [1.807, 2.05) is 6.92 Å². The number of nitrogens with zero attached hydrogens (tertiary/aromatic N) is 4. The Balaban J connectivity index is 3.15. The van der Waals surface area contributed by atoms with Gasteiger partial charge in [-0.25, -0.2) is 9.97 Å². The van der Waals surface area contributed by atoms with Gasteiger partial charge >= 0.3 is 0 Å². The number of aromatic nitrogens is 2. The Bertz CT molecular complexity index is 872. The summed E-state index contributed by atoms with van der Waals surface area (Å²) < 4.78 is 0. The van der Waals surface area contributed by atoms with Gasteiger partial charge in [-0.1, -0.05) is 6.92 Å². The first kappa shape index (κ1) is 29.8. The number of rotatable bonds is 16. The smallest absolute Gasteiger partial charge is 0.274 e. The summed E-state index contributed by atoms with van der Waals surface area (Å²) in [5, 5.41) is 8.34. The maximum absolute atomic E-state index is 13.0. The molecule has 0 atom stereocenters. The van der Waals surface area contributed by atoms with Crippen molar-refractivity contribution >= 4 is 35.1 Å². The van der Waals surface area contributed by atoms with Crippen LogP contribution in [0.15, 0.2) is 0 Å². The highest BCUT2D eigenvalue weighted by molar-refractivity contribution is 6.03. The largest absolute Gasteiger partial charge is 0.368 e. The average molecular weight is 486 g/mol. The Morgan fingerprint density at radius 2 is 1.31 bits per heavy atom. The van der Waals surface area contributed by atoms with Crippen molar-refractivity contribution in [1.82, 2.24) is 25.1 Å². The molecule has 0 bridgehead atoms. The quantitative estimate of drug-likeness (QED) is 0.298. The molecule has 3 N–H and O–H groups in total. The Morgan fingerprint density at radius 3 is 1.83 bits per heavy atom. The minimum absolute atomic E-state index is 0.00968. The maximum atomic E-state index is 13.0. The van der Waals surface area contributed by atoms with E-state index < -0.39 is 17.6 Å². The number of Topliss-reactive ketones (excluding diaryl/α,β-unsaturated/α-hetero) is 1. The second kappa shape index (κ2) is 15.6. The molecule has 1 aromatic heterocycles. The third-order valence-electron chi connectivity index (χ3n) is 4.89. The summed E-state index contributed by atoms with van der Waals surface area (Å²) in [6.45, 7) is 22.9. The second-order valence-corrected chi connectivity index (χ2v) is 7.42. The van der Waals surface area contributed by atoms with Gasteiger partial charge in [0.05, 0.1) is 6.54 Å². The third-order valence-corrected chi connectivity index (χ3v) is 4.89. The molecule has 1 aromatic rings. The lowest BCUT2D eigenvalue weighted by Gasteiger charge is -2.20. The lowest BCUT2D eigenvalue weighted by Crippen LogP contribution is -2.40. The SMILES string of the molecule is [CH]CN(C[CH])C(=O)CNC(=O)c1nc(NCC)c(C(=O)CCC(=O)N(C[CH])CCC)nc1NCC. The van der Waals surface area contributed by atoms with E-state index in [1.165, 1.54) is 4.90 Å². The molecule has 190 valence electrons. The molecule has 0 saturated carbocycles. The van der Waals surface area contributed by atoms with Gasteiger partial charge in [-0.2, -0.15) is 0 Å². The van der Waals surface area contributed by atoms with Crippen molar-refractivity contribution in [3.63, 3.8) is 0 Å². The first-order chi connectivity index (χ1) is 16.8. The van der Waals surface area contributed by atoms with E-state index >= 15 is 0 Å². The molecule has 0 aliphatic heterocycles. The van der Waals surface area contributed by atoms with E-state index in [9.17, 15) is 19.2 Å². The first-order valence-corrected chi connectivity index (χ1v) is 11.6. The number of anilines is 2. The summed E-state index contributed by atoms with van der Waals surface area (Å²) in [6.07, 6.45) is 0.638. The van der Waals surface area contributed by atoms with E-state index in [0.29, 0.717) is 19.6 Å². The number of nitrogens with one attached hydrogen (secondary N) is 3. The van der Waals surface area contributed by atoms with E-state index in [2.05, 4.69) is 25.9 Å². The van der Waals surface area contributed by atoms with Crippen molar-refractivity contribution in [2.24, 2.45) is 0 Å². The number of hydrogen-bond donors (Lipinski definition) is 3. The number of carbonyl (C=O) groups is 4. The molecule has 1 heterocycles. The predicted octanol–water partition coefficient (Wildman–Crippen LogP) is 1.23. The molecule has 11 heteroatoms. The molecule has 0 fully saturated rings. The van der Waals surface area contributed by atoms with Gasteiger partial charge in [-0.3, -0.25) is 19.2 Å². The Kier molecular flexibility index (Phi) is 13.3. The summed E-state index contributed by atoms with van der Waals surface area (Å²) >= 11 is 0.